The third-order valence-corrected chi connectivity index (χ3v) is 3.27. The van der Waals surface area contributed by atoms with Crippen molar-refractivity contribution >= 4 is 23.9 Å². The van der Waals surface area contributed by atoms with E-state index in [1.807, 2.05) is 6.07 Å². The molecule has 25 heavy (non-hydrogen) atoms. The molecule has 136 valence electrons. The van der Waals surface area contributed by atoms with E-state index in [1.54, 1.807) is 24.3 Å². The second-order valence-electron chi connectivity index (χ2n) is 5.23. The Bertz CT molecular complexity index is 600. The van der Waals surface area contributed by atoms with Crippen LogP contribution < -0.4 is 0 Å². The Labute approximate surface area is 143 Å². The van der Waals surface area contributed by atoms with E-state index in [-0.39, 0.29) is 19.4 Å². The van der Waals surface area contributed by atoms with Crippen molar-refractivity contribution in [3.05, 3.63) is 35.9 Å². The Balaban J connectivity index is 2.60. The maximum atomic E-state index is 11.7. The van der Waals surface area contributed by atoms with E-state index < -0.39 is 43.0 Å². The van der Waals surface area contributed by atoms with Crippen LogP contribution in [0.25, 0.3) is 0 Å². The number of rotatable bonds is 11. The molecule has 1 atom stereocenters. The molecule has 0 heterocycles. The Morgan fingerprint density at radius 1 is 0.960 bits per heavy atom. The Kier molecular flexibility index (Phi) is 8.07. The molecular weight excluding hydrogens is 334 g/mol. The molecule has 1 unspecified atom stereocenters. The third-order valence-electron chi connectivity index (χ3n) is 3.27. The van der Waals surface area contributed by atoms with E-state index >= 15 is 0 Å². The number of carboxylic acid groups (broad SMARTS) is 3. The molecular formula is C16H19NO8. The van der Waals surface area contributed by atoms with E-state index in [9.17, 15) is 24.3 Å². The first-order chi connectivity index (χ1) is 11.8. The van der Waals surface area contributed by atoms with E-state index in [4.69, 9.17) is 14.9 Å². The van der Waals surface area contributed by atoms with Crippen LogP contribution in [0.1, 0.15) is 18.4 Å². The van der Waals surface area contributed by atoms with Crippen LogP contribution >= 0.6 is 0 Å². The Morgan fingerprint density at radius 3 is 2.00 bits per heavy atom. The average molecular weight is 353 g/mol. The van der Waals surface area contributed by atoms with Gasteiger partial charge in [-0.15, -0.1) is 0 Å². The fourth-order valence-corrected chi connectivity index (χ4v) is 2.15. The molecule has 3 N–H and O–H groups in total. The van der Waals surface area contributed by atoms with Gasteiger partial charge in [0.2, 0.25) is 0 Å². The lowest BCUT2D eigenvalue weighted by Gasteiger charge is -2.25. The van der Waals surface area contributed by atoms with Crippen LogP contribution in [0, 0.1) is 0 Å². The van der Waals surface area contributed by atoms with E-state index in [2.05, 4.69) is 0 Å². The van der Waals surface area contributed by atoms with Crippen LogP contribution in [0.3, 0.4) is 0 Å². The maximum absolute atomic E-state index is 11.7. The Morgan fingerprint density at radius 2 is 1.52 bits per heavy atom. The third kappa shape index (κ3) is 7.93. The quantitative estimate of drug-likeness (QED) is 0.483. The standard InChI is InChI=1S/C16H19NO8/c18-13(19)8-17(9-14(20)21)12(16(23)24)6-7-15(22)25-10-11-4-2-1-3-5-11/h1-5,12H,6-10H2,(H,18,19)(H,20,21)(H,23,24). The lowest BCUT2D eigenvalue weighted by Crippen LogP contribution is -2.46. The summed E-state index contributed by atoms with van der Waals surface area (Å²) in [6, 6.07) is 7.46. The largest absolute Gasteiger partial charge is 0.480 e. The second-order valence-corrected chi connectivity index (χ2v) is 5.23. The van der Waals surface area contributed by atoms with Crippen molar-refractivity contribution in [3.63, 3.8) is 0 Å². The first-order valence-electron chi connectivity index (χ1n) is 7.39. The van der Waals surface area contributed by atoms with Crippen molar-refractivity contribution in [2.75, 3.05) is 13.1 Å². The van der Waals surface area contributed by atoms with Gasteiger partial charge in [-0.05, 0) is 12.0 Å². The predicted octanol–water partition coefficient (Wildman–Crippen LogP) is 0.434. The molecule has 9 heteroatoms. The van der Waals surface area contributed by atoms with E-state index in [0.29, 0.717) is 0 Å². The summed E-state index contributed by atoms with van der Waals surface area (Å²) in [6.07, 6.45) is -0.539. The van der Waals surface area contributed by atoms with Gasteiger partial charge in [-0.2, -0.15) is 0 Å². The molecule has 0 saturated heterocycles. The highest BCUT2D eigenvalue weighted by Crippen LogP contribution is 2.10. The molecule has 0 aliphatic rings. The lowest BCUT2D eigenvalue weighted by atomic mass is 10.1. The van der Waals surface area contributed by atoms with Crippen molar-refractivity contribution in [1.29, 1.82) is 0 Å². The number of carbonyl (C=O) groups is 4. The van der Waals surface area contributed by atoms with Gasteiger partial charge in [-0.3, -0.25) is 24.1 Å². The summed E-state index contributed by atoms with van der Waals surface area (Å²) in [6.45, 7) is -1.49. The minimum absolute atomic E-state index is 0.0331. The van der Waals surface area contributed by atoms with Gasteiger partial charge < -0.3 is 20.1 Å². The normalized spacial score (nSPS) is 11.7. The van der Waals surface area contributed by atoms with Gasteiger partial charge in [0.15, 0.2) is 0 Å². The number of benzene rings is 1. The SMILES string of the molecule is O=C(O)CN(CC(=O)O)C(CCC(=O)OCc1ccccc1)C(=O)O. The van der Waals surface area contributed by atoms with Crippen molar-refractivity contribution in [1.82, 2.24) is 4.90 Å². The zero-order chi connectivity index (χ0) is 18.8. The highest BCUT2D eigenvalue weighted by atomic mass is 16.5. The minimum Gasteiger partial charge on any atom is -0.480 e. The first-order valence-corrected chi connectivity index (χ1v) is 7.39. The molecule has 0 bridgehead atoms. The molecule has 1 aromatic rings. The molecule has 1 rings (SSSR count). The highest BCUT2D eigenvalue weighted by Gasteiger charge is 2.29. The average Bonchev–Trinajstić information content (AvgIpc) is 2.52. The summed E-state index contributed by atoms with van der Waals surface area (Å²) < 4.78 is 5.02. The number of carbonyl (C=O) groups excluding carboxylic acids is 1. The van der Waals surface area contributed by atoms with Crippen LogP contribution in [0.4, 0.5) is 0 Å². The summed E-state index contributed by atoms with van der Waals surface area (Å²) in [5, 5.41) is 26.8. The second kappa shape index (κ2) is 10.0. The van der Waals surface area contributed by atoms with Crippen molar-refractivity contribution in [2.45, 2.75) is 25.5 Å². The molecule has 9 nitrogen and oxygen atoms in total. The predicted molar refractivity (Wildman–Crippen MR) is 83.7 cm³/mol. The minimum atomic E-state index is -1.42. The number of carboxylic acids is 3. The van der Waals surface area contributed by atoms with Gasteiger partial charge in [-0.1, -0.05) is 30.3 Å². The molecule has 1 aromatic carbocycles. The zero-order valence-electron chi connectivity index (χ0n) is 13.3. The van der Waals surface area contributed by atoms with Gasteiger partial charge in [0, 0.05) is 6.42 Å². The summed E-state index contributed by atoms with van der Waals surface area (Å²) in [5.74, 6) is -4.78. The van der Waals surface area contributed by atoms with Gasteiger partial charge in [0.05, 0.1) is 13.1 Å². The topological polar surface area (TPSA) is 141 Å². The van der Waals surface area contributed by atoms with Crippen molar-refractivity contribution in [3.8, 4) is 0 Å². The number of ether oxygens (including phenoxy) is 1. The van der Waals surface area contributed by atoms with Crippen molar-refractivity contribution in [2.24, 2.45) is 0 Å². The zero-order valence-corrected chi connectivity index (χ0v) is 13.3. The molecule has 0 amide bonds. The van der Waals surface area contributed by atoms with Crippen LogP contribution in [-0.2, 0) is 30.5 Å². The number of esters is 1. The molecule has 0 aliphatic heterocycles. The summed E-state index contributed by atoms with van der Waals surface area (Å²) in [4.78, 5) is 45.4. The number of nitrogens with zero attached hydrogens (tertiary/aromatic N) is 1. The molecule has 0 aliphatic carbocycles. The fraction of sp³-hybridized carbons (Fsp3) is 0.375. The summed E-state index contributed by atoms with van der Waals surface area (Å²) in [7, 11) is 0. The van der Waals surface area contributed by atoms with Gasteiger partial charge in [0.1, 0.15) is 12.6 Å². The maximum Gasteiger partial charge on any atom is 0.320 e. The monoisotopic (exact) mass is 353 g/mol. The fourth-order valence-electron chi connectivity index (χ4n) is 2.15. The number of aliphatic carboxylic acids is 3. The first kappa shape index (κ1) is 20.1. The molecule has 0 spiro atoms. The molecule has 0 aromatic heterocycles. The number of hydrogen-bond donors (Lipinski definition) is 3. The van der Waals surface area contributed by atoms with Crippen LogP contribution in [0.2, 0.25) is 0 Å². The molecule has 0 radical (unpaired) electrons. The summed E-state index contributed by atoms with van der Waals surface area (Å²) in [5.41, 5.74) is 0.768. The van der Waals surface area contributed by atoms with Crippen LogP contribution in [-0.4, -0.2) is 63.2 Å². The lowest BCUT2D eigenvalue weighted by molar-refractivity contribution is -0.150. The molecule has 0 saturated carbocycles. The van der Waals surface area contributed by atoms with Gasteiger partial charge in [-0.25, -0.2) is 0 Å². The van der Waals surface area contributed by atoms with E-state index in [1.165, 1.54) is 0 Å². The van der Waals surface area contributed by atoms with Gasteiger partial charge >= 0.3 is 23.9 Å². The Hall–Kier alpha value is -2.94. The van der Waals surface area contributed by atoms with Crippen molar-refractivity contribution < 1.29 is 39.2 Å². The van der Waals surface area contributed by atoms with Crippen LogP contribution in [0.15, 0.2) is 30.3 Å². The van der Waals surface area contributed by atoms with E-state index in [0.717, 1.165) is 10.5 Å². The number of hydrogen-bond acceptors (Lipinski definition) is 6. The van der Waals surface area contributed by atoms with Gasteiger partial charge in [0.25, 0.3) is 0 Å². The summed E-state index contributed by atoms with van der Waals surface area (Å²) >= 11 is 0. The van der Waals surface area contributed by atoms with Crippen LogP contribution in [0.5, 0.6) is 0 Å². The molecule has 0 fully saturated rings. The smallest absolute Gasteiger partial charge is 0.320 e. The highest BCUT2D eigenvalue weighted by molar-refractivity contribution is 5.79.